The average molecular weight is 643 g/mol. The molecule has 3 aliphatic heterocycles. The normalized spacial score (nSPS) is 22.9. The van der Waals surface area contributed by atoms with Gasteiger partial charge in [0, 0.05) is 68.5 Å². The molecule has 1 amide bonds. The van der Waals surface area contributed by atoms with Crippen molar-refractivity contribution in [2.45, 2.75) is 94.7 Å². The zero-order valence-electron chi connectivity index (χ0n) is 26.4. The average Bonchev–Trinajstić information content (AvgIpc) is 3.85. The summed E-state index contributed by atoms with van der Waals surface area (Å²) >= 11 is 6.10. The number of hydrogen-bond donors (Lipinski definition) is 0. The Kier molecular flexibility index (Phi) is 9.37. The van der Waals surface area contributed by atoms with Gasteiger partial charge in [0.25, 0.3) is 5.91 Å². The SMILES string of the molecule is Cc1ncnc(C)c1C(=O)N1CCC(C)(N2CCC(N(CC3CC3)C3CCN(S(=O)(=O)c4cccc(Cl)c4)CC3)CC2)CC1. The van der Waals surface area contributed by atoms with Crippen molar-refractivity contribution in [2.24, 2.45) is 5.92 Å². The highest BCUT2D eigenvalue weighted by Crippen LogP contribution is 2.37. The number of hydrogen-bond acceptors (Lipinski definition) is 7. The van der Waals surface area contributed by atoms with Crippen LogP contribution < -0.4 is 0 Å². The van der Waals surface area contributed by atoms with Crippen molar-refractivity contribution in [3.05, 3.63) is 52.6 Å². The van der Waals surface area contributed by atoms with Crippen LogP contribution >= 0.6 is 11.6 Å². The van der Waals surface area contributed by atoms with E-state index in [4.69, 9.17) is 11.6 Å². The number of halogens is 1. The standard InChI is InChI=1S/C33H47ClN6O3S/c1-24-31(25(2)36-23-35-24)32(41)37-19-13-33(3,14-20-37)38-15-9-28(10-16-38)40(22-26-7-8-26)29-11-17-39(18-12-29)44(42,43)30-6-4-5-27(34)21-30/h4-6,21,23,26,28-29H,7-20,22H2,1-3H3. The number of piperidine rings is 3. The second-order valence-electron chi connectivity index (χ2n) is 13.7. The van der Waals surface area contributed by atoms with E-state index in [1.165, 1.54) is 19.2 Å². The molecular weight excluding hydrogens is 596 g/mol. The number of nitrogens with zero attached hydrogens (tertiary/aromatic N) is 6. The highest BCUT2D eigenvalue weighted by molar-refractivity contribution is 7.89. The molecule has 1 aromatic carbocycles. The van der Waals surface area contributed by atoms with Crippen molar-refractivity contribution >= 4 is 27.5 Å². The predicted octanol–water partition coefficient (Wildman–Crippen LogP) is 4.77. The topological polar surface area (TPSA) is 90.0 Å². The second kappa shape index (κ2) is 12.9. The van der Waals surface area contributed by atoms with Crippen LogP contribution in [0.25, 0.3) is 0 Å². The van der Waals surface area contributed by atoms with Crippen molar-refractivity contribution in [1.82, 2.24) is 29.0 Å². The van der Waals surface area contributed by atoms with Gasteiger partial charge in [0.15, 0.2) is 0 Å². The highest BCUT2D eigenvalue weighted by atomic mass is 35.5. The van der Waals surface area contributed by atoms with Gasteiger partial charge in [-0.3, -0.25) is 14.6 Å². The molecule has 4 fully saturated rings. The largest absolute Gasteiger partial charge is 0.338 e. The zero-order chi connectivity index (χ0) is 31.1. The maximum Gasteiger partial charge on any atom is 0.257 e. The highest BCUT2D eigenvalue weighted by Gasteiger charge is 2.42. The van der Waals surface area contributed by atoms with Crippen LogP contribution in [0.3, 0.4) is 0 Å². The van der Waals surface area contributed by atoms with Crippen LogP contribution in [0.5, 0.6) is 0 Å². The van der Waals surface area contributed by atoms with E-state index in [1.54, 1.807) is 28.6 Å². The van der Waals surface area contributed by atoms with Crippen LogP contribution in [0.4, 0.5) is 0 Å². The van der Waals surface area contributed by atoms with Crippen LogP contribution in [0.2, 0.25) is 5.02 Å². The maximum atomic E-state index is 13.3. The number of aromatic nitrogens is 2. The lowest BCUT2D eigenvalue weighted by atomic mass is 9.84. The van der Waals surface area contributed by atoms with E-state index in [-0.39, 0.29) is 16.3 Å². The summed E-state index contributed by atoms with van der Waals surface area (Å²) in [7, 11) is -3.53. The molecule has 240 valence electrons. The van der Waals surface area contributed by atoms with E-state index in [0.29, 0.717) is 35.8 Å². The first-order valence-corrected chi connectivity index (χ1v) is 18.2. The van der Waals surface area contributed by atoms with Gasteiger partial charge in [0.1, 0.15) is 6.33 Å². The number of sulfonamides is 1. The third-order valence-electron chi connectivity index (χ3n) is 10.8. The molecule has 1 saturated carbocycles. The third kappa shape index (κ3) is 6.70. The second-order valence-corrected chi connectivity index (χ2v) is 16.0. The van der Waals surface area contributed by atoms with Crippen LogP contribution in [0, 0.1) is 19.8 Å². The number of benzene rings is 1. The predicted molar refractivity (Wildman–Crippen MR) is 172 cm³/mol. The Balaban J connectivity index is 1.04. The number of aryl methyl sites for hydroxylation is 2. The number of carbonyl (C=O) groups excluding carboxylic acids is 1. The molecule has 1 aliphatic carbocycles. The molecule has 9 nitrogen and oxygen atoms in total. The third-order valence-corrected chi connectivity index (χ3v) is 12.9. The van der Waals surface area contributed by atoms with E-state index in [9.17, 15) is 13.2 Å². The number of amides is 1. The van der Waals surface area contributed by atoms with Crippen molar-refractivity contribution in [3.63, 3.8) is 0 Å². The summed E-state index contributed by atoms with van der Waals surface area (Å²) in [5.74, 6) is 0.853. The van der Waals surface area contributed by atoms with Gasteiger partial charge in [-0.15, -0.1) is 0 Å². The smallest absolute Gasteiger partial charge is 0.257 e. The quantitative estimate of drug-likeness (QED) is 0.410. The summed E-state index contributed by atoms with van der Waals surface area (Å²) in [5, 5.41) is 0.447. The molecule has 0 unspecified atom stereocenters. The molecule has 1 aromatic heterocycles. The number of likely N-dealkylation sites (tertiary alicyclic amines) is 2. The van der Waals surface area contributed by atoms with Crippen LogP contribution in [-0.4, -0.2) is 107 Å². The summed E-state index contributed by atoms with van der Waals surface area (Å²) in [5.41, 5.74) is 2.25. The Labute approximate surface area is 268 Å². The van der Waals surface area contributed by atoms with E-state index in [1.807, 2.05) is 18.7 Å². The lowest BCUT2D eigenvalue weighted by molar-refractivity contribution is -0.0106. The van der Waals surface area contributed by atoms with Gasteiger partial charge in [-0.25, -0.2) is 18.4 Å². The fourth-order valence-corrected chi connectivity index (χ4v) is 9.46. The van der Waals surface area contributed by atoms with Gasteiger partial charge in [-0.2, -0.15) is 4.31 Å². The number of rotatable bonds is 8. The van der Waals surface area contributed by atoms with Crippen LogP contribution in [0.1, 0.15) is 80.0 Å². The molecule has 0 N–H and O–H groups in total. The first-order valence-electron chi connectivity index (χ1n) is 16.4. The Morgan fingerprint density at radius 2 is 1.52 bits per heavy atom. The monoisotopic (exact) mass is 642 g/mol. The first kappa shape index (κ1) is 31.9. The van der Waals surface area contributed by atoms with E-state index < -0.39 is 10.0 Å². The van der Waals surface area contributed by atoms with Gasteiger partial charge >= 0.3 is 0 Å². The summed E-state index contributed by atoms with van der Waals surface area (Å²) in [6, 6.07) is 7.58. The van der Waals surface area contributed by atoms with Crippen molar-refractivity contribution in [1.29, 1.82) is 0 Å². The molecule has 0 bridgehead atoms. The molecule has 0 atom stereocenters. The fraction of sp³-hybridized carbons (Fsp3) is 0.667. The van der Waals surface area contributed by atoms with Gasteiger partial charge in [-0.1, -0.05) is 17.7 Å². The minimum absolute atomic E-state index is 0.0588. The Hall–Kier alpha value is -2.11. The fourth-order valence-electron chi connectivity index (χ4n) is 7.69. The molecule has 3 saturated heterocycles. The van der Waals surface area contributed by atoms with Gasteiger partial charge in [-0.05, 0) is 96.3 Å². The molecule has 2 aromatic rings. The molecule has 44 heavy (non-hydrogen) atoms. The molecule has 0 spiro atoms. The van der Waals surface area contributed by atoms with Crippen LogP contribution in [0.15, 0.2) is 35.5 Å². The molecular formula is C33H47ClN6O3S. The summed E-state index contributed by atoms with van der Waals surface area (Å²) in [4.78, 5) is 29.6. The lowest BCUT2D eigenvalue weighted by Gasteiger charge is -2.51. The number of carbonyl (C=O) groups is 1. The molecule has 6 rings (SSSR count). The summed E-state index contributed by atoms with van der Waals surface area (Å²) in [6.45, 7) is 12.1. The van der Waals surface area contributed by atoms with E-state index in [0.717, 1.165) is 88.6 Å². The van der Waals surface area contributed by atoms with Gasteiger partial charge in [0.05, 0.1) is 21.8 Å². The Morgan fingerprint density at radius 3 is 2.09 bits per heavy atom. The Morgan fingerprint density at radius 1 is 0.932 bits per heavy atom. The molecule has 11 heteroatoms. The van der Waals surface area contributed by atoms with Gasteiger partial charge < -0.3 is 4.90 Å². The Bertz CT molecular complexity index is 1420. The van der Waals surface area contributed by atoms with Crippen molar-refractivity contribution in [3.8, 4) is 0 Å². The first-order chi connectivity index (χ1) is 21.0. The molecule has 0 radical (unpaired) electrons. The van der Waals surface area contributed by atoms with E-state index >= 15 is 0 Å². The van der Waals surface area contributed by atoms with Crippen LogP contribution in [-0.2, 0) is 10.0 Å². The summed E-state index contributed by atoms with van der Waals surface area (Å²) < 4.78 is 28.3. The minimum Gasteiger partial charge on any atom is -0.338 e. The maximum absolute atomic E-state index is 13.3. The molecule has 4 heterocycles. The zero-order valence-corrected chi connectivity index (χ0v) is 28.0. The summed E-state index contributed by atoms with van der Waals surface area (Å²) in [6.07, 6.45) is 10.1. The molecule has 4 aliphatic rings. The van der Waals surface area contributed by atoms with E-state index in [2.05, 4.69) is 26.7 Å². The van der Waals surface area contributed by atoms with Gasteiger partial charge in [0.2, 0.25) is 10.0 Å². The van der Waals surface area contributed by atoms with Crippen molar-refractivity contribution < 1.29 is 13.2 Å². The van der Waals surface area contributed by atoms with Crippen molar-refractivity contribution in [2.75, 3.05) is 45.8 Å². The minimum atomic E-state index is -3.53. The lowest BCUT2D eigenvalue weighted by Crippen LogP contribution is -2.59.